The molecule has 1 fully saturated rings. The molecule has 1 saturated heterocycles. The summed E-state index contributed by atoms with van der Waals surface area (Å²) in [6.07, 6.45) is 0.958. The number of aromatic nitrogens is 2. The highest BCUT2D eigenvalue weighted by atomic mass is 16.2. The molecule has 0 aliphatic carbocycles. The molecule has 0 radical (unpaired) electrons. The number of anilines is 1. The lowest BCUT2D eigenvalue weighted by Crippen LogP contribution is -2.39. The maximum absolute atomic E-state index is 12.6. The highest BCUT2D eigenvalue weighted by molar-refractivity contribution is 5.91. The number of likely N-dealkylation sites (tertiary alicyclic amines) is 1. The van der Waals surface area contributed by atoms with Gasteiger partial charge in [-0.1, -0.05) is 42.5 Å². The van der Waals surface area contributed by atoms with Crippen LogP contribution in [0.5, 0.6) is 0 Å². The van der Waals surface area contributed by atoms with Crippen molar-refractivity contribution in [1.29, 1.82) is 0 Å². The topological polar surface area (TPSA) is 62.2 Å². The SMILES string of the molecule is Cc1cc(C)n(-c2ccccc2NC(=O)NC2CCN(Cc3ccccc3)C2)n1. The second kappa shape index (κ2) is 8.49. The van der Waals surface area contributed by atoms with E-state index in [1.54, 1.807) is 0 Å². The third-order valence-corrected chi connectivity index (χ3v) is 5.25. The minimum atomic E-state index is -0.175. The zero-order valence-corrected chi connectivity index (χ0v) is 16.9. The first-order valence-corrected chi connectivity index (χ1v) is 10.0. The van der Waals surface area contributed by atoms with Crippen molar-refractivity contribution < 1.29 is 4.79 Å². The molecule has 2 heterocycles. The Morgan fingerprint density at radius 2 is 1.86 bits per heavy atom. The minimum Gasteiger partial charge on any atom is -0.334 e. The van der Waals surface area contributed by atoms with E-state index in [0.717, 1.165) is 48.8 Å². The summed E-state index contributed by atoms with van der Waals surface area (Å²) in [6.45, 7) is 6.75. The Labute approximate surface area is 171 Å². The van der Waals surface area contributed by atoms with Crippen LogP contribution in [0.4, 0.5) is 10.5 Å². The fraction of sp³-hybridized carbons (Fsp3) is 0.304. The maximum Gasteiger partial charge on any atom is 0.319 e. The molecule has 1 atom stereocenters. The van der Waals surface area contributed by atoms with E-state index in [0.29, 0.717) is 0 Å². The van der Waals surface area contributed by atoms with E-state index in [2.05, 4.69) is 44.9 Å². The number of aryl methyl sites for hydroxylation is 2. The lowest BCUT2D eigenvalue weighted by atomic mass is 10.2. The van der Waals surface area contributed by atoms with Crippen LogP contribution in [0.3, 0.4) is 0 Å². The first-order chi connectivity index (χ1) is 14.1. The van der Waals surface area contributed by atoms with Crippen LogP contribution in [0.2, 0.25) is 0 Å². The van der Waals surface area contributed by atoms with Crippen LogP contribution in [0, 0.1) is 13.8 Å². The Morgan fingerprint density at radius 1 is 1.10 bits per heavy atom. The van der Waals surface area contributed by atoms with E-state index in [9.17, 15) is 4.79 Å². The fourth-order valence-corrected chi connectivity index (χ4v) is 3.92. The molecule has 4 rings (SSSR count). The number of carbonyl (C=O) groups is 1. The largest absolute Gasteiger partial charge is 0.334 e. The maximum atomic E-state index is 12.6. The lowest BCUT2D eigenvalue weighted by molar-refractivity contribution is 0.247. The summed E-state index contributed by atoms with van der Waals surface area (Å²) in [5.41, 5.74) is 4.90. The predicted molar refractivity (Wildman–Crippen MR) is 115 cm³/mol. The zero-order valence-electron chi connectivity index (χ0n) is 16.9. The van der Waals surface area contributed by atoms with Gasteiger partial charge in [0.2, 0.25) is 0 Å². The van der Waals surface area contributed by atoms with Crippen LogP contribution in [0.25, 0.3) is 5.69 Å². The summed E-state index contributed by atoms with van der Waals surface area (Å²) in [6, 6.07) is 20.2. The van der Waals surface area contributed by atoms with Crippen molar-refractivity contribution in [2.24, 2.45) is 0 Å². The standard InChI is InChI=1S/C23H27N5O/c1-17-14-18(2)28(26-17)22-11-7-6-10-21(22)25-23(29)24-20-12-13-27(16-20)15-19-8-4-3-5-9-19/h3-11,14,20H,12-13,15-16H2,1-2H3,(H2,24,25,29). The molecule has 6 nitrogen and oxygen atoms in total. The first kappa shape index (κ1) is 19.2. The van der Waals surface area contributed by atoms with Crippen LogP contribution in [0.15, 0.2) is 60.7 Å². The van der Waals surface area contributed by atoms with E-state index in [1.807, 2.05) is 54.9 Å². The Kier molecular flexibility index (Phi) is 5.62. The summed E-state index contributed by atoms with van der Waals surface area (Å²) in [5.74, 6) is 0. The highest BCUT2D eigenvalue weighted by Crippen LogP contribution is 2.22. The van der Waals surface area contributed by atoms with E-state index in [1.165, 1.54) is 5.56 Å². The molecule has 150 valence electrons. The Hall–Kier alpha value is -3.12. The number of benzene rings is 2. The van der Waals surface area contributed by atoms with Gasteiger partial charge in [-0.15, -0.1) is 0 Å². The van der Waals surface area contributed by atoms with Gasteiger partial charge >= 0.3 is 6.03 Å². The average molecular weight is 390 g/mol. The molecule has 1 aliphatic heterocycles. The van der Waals surface area contributed by atoms with Gasteiger partial charge in [0.1, 0.15) is 0 Å². The molecule has 29 heavy (non-hydrogen) atoms. The van der Waals surface area contributed by atoms with Crippen molar-refractivity contribution >= 4 is 11.7 Å². The highest BCUT2D eigenvalue weighted by Gasteiger charge is 2.24. The molecule has 6 heteroatoms. The smallest absolute Gasteiger partial charge is 0.319 e. The number of rotatable bonds is 5. The Morgan fingerprint density at radius 3 is 2.62 bits per heavy atom. The first-order valence-electron chi connectivity index (χ1n) is 10.0. The molecule has 1 unspecified atom stereocenters. The second-order valence-corrected chi connectivity index (χ2v) is 7.66. The van der Waals surface area contributed by atoms with Gasteiger partial charge in [0.05, 0.1) is 17.1 Å². The van der Waals surface area contributed by atoms with Crippen molar-refractivity contribution in [2.75, 3.05) is 18.4 Å². The predicted octanol–water partition coefficient (Wildman–Crippen LogP) is 3.89. The van der Waals surface area contributed by atoms with Crippen LogP contribution < -0.4 is 10.6 Å². The van der Waals surface area contributed by atoms with E-state index in [-0.39, 0.29) is 12.1 Å². The number of nitrogens with zero attached hydrogens (tertiary/aromatic N) is 3. The third kappa shape index (κ3) is 4.66. The van der Waals surface area contributed by atoms with Crippen LogP contribution in [-0.4, -0.2) is 39.8 Å². The Bertz CT molecular complexity index is 982. The normalized spacial score (nSPS) is 16.7. The lowest BCUT2D eigenvalue weighted by Gasteiger charge is -2.18. The number of hydrogen-bond acceptors (Lipinski definition) is 3. The van der Waals surface area contributed by atoms with Gasteiger partial charge in [0.15, 0.2) is 0 Å². The van der Waals surface area contributed by atoms with Crippen molar-refractivity contribution in [1.82, 2.24) is 20.0 Å². The van der Waals surface area contributed by atoms with Gasteiger partial charge in [-0.05, 0) is 44.0 Å². The van der Waals surface area contributed by atoms with Crippen LogP contribution in [-0.2, 0) is 6.54 Å². The molecule has 1 aromatic heterocycles. The number of nitrogens with one attached hydrogen (secondary N) is 2. The number of carbonyl (C=O) groups excluding carboxylic acids is 1. The average Bonchev–Trinajstić information content (AvgIpc) is 3.28. The number of para-hydroxylation sites is 2. The fourth-order valence-electron chi connectivity index (χ4n) is 3.92. The van der Waals surface area contributed by atoms with Crippen molar-refractivity contribution in [2.45, 2.75) is 32.9 Å². The molecular formula is C23H27N5O. The van der Waals surface area contributed by atoms with Crippen LogP contribution in [0.1, 0.15) is 23.4 Å². The minimum absolute atomic E-state index is 0.152. The van der Waals surface area contributed by atoms with Gasteiger partial charge in [-0.3, -0.25) is 4.90 Å². The zero-order chi connectivity index (χ0) is 20.2. The van der Waals surface area contributed by atoms with Gasteiger partial charge in [0, 0.05) is 31.4 Å². The number of amides is 2. The molecule has 0 bridgehead atoms. The molecular weight excluding hydrogens is 362 g/mol. The summed E-state index contributed by atoms with van der Waals surface area (Å²) < 4.78 is 1.86. The van der Waals surface area contributed by atoms with E-state index in [4.69, 9.17) is 0 Å². The van der Waals surface area contributed by atoms with Crippen molar-refractivity contribution in [3.8, 4) is 5.69 Å². The summed E-state index contributed by atoms with van der Waals surface area (Å²) in [7, 11) is 0. The molecule has 2 aromatic carbocycles. The van der Waals surface area contributed by atoms with Gasteiger partial charge < -0.3 is 10.6 Å². The molecule has 0 saturated carbocycles. The molecule has 1 aliphatic rings. The van der Waals surface area contributed by atoms with E-state index >= 15 is 0 Å². The molecule has 0 spiro atoms. The number of hydrogen-bond donors (Lipinski definition) is 2. The second-order valence-electron chi connectivity index (χ2n) is 7.66. The van der Waals surface area contributed by atoms with Crippen molar-refractivity contribution in [3.63, 3.8) is 0 Å². The van der Waals surface area contributed by atoms with Crippen molar-refractivity contribution in [3.05, 3.63) is 77.6 Å². The number of urea groups is 1. The summed E-state index contributed by atoms with van der Waals surface area (Å²) in [5, 5.41) is 10.7. The monoisotopic (exact) mass is 389 g/mol. The Balaban J connectivity index is 1.37. The quantitative estimate of drug-likeness (QED) is 0.696. The molecule has 3 aromatic rings. The van der Waals surface area contributed by atoms with Gasteiger partial charge in [0.25, 0.3) is 0 Å². The van der Waals surface area contributed by atoms with Crippen LogP contribution >= 0.6 is 0 Å². The molecule has 2 N–H and O–H groups in total. The third-order valence-electron chi connectivity index (χ3n) is 5.25. The summed E-state index contributed by atoms with van der Waals surface area (Å²) >= 11 is 0. The molecule has 2 amide bonds. The van der Waals surface area contributed by atoms with E-state index < -0.39 is 0 Å². The summed E-state index contributed by atoms with van der Waals surface area (Å²) in [4.78, 5) is 15.0. The van der Waals surface area contributed by atoms with Gasteiger partial charge in [-0.25, -0.2) is 9.48 Å². The van der Waals surface area contributed by atoms with Gasteiger partial charge in [-0.2, -0.15) is 5.10 Å².